The van der Waals surface area contributed by atoms with Crippen LogP contribution < -0.4 is 21.7 Å². The minimum absolute atomic E-state index is 0.145. The Labute approximate surface area is 192 Å². The van der Waals surface area contributed by atoms with Crippen molar-refractivity contribution in [1.82, 2.24) is 20.9 Å². The van der Waals surface area contributed by atoms with Crippen molar-refractivity contribution >= 4 is 39.1 Å². The normalized spacial score (nSPS) is 14.0. The molecular formula is C24H31N5O2S. The van der Waals surface area contributed by atoms with Crippen LogP contribution in [0, 0.1) is 5.92 Å². The first-order valence-electron chi connectivity index (χ1n) is 10.8. The molecule has 0 saturated heterocycles. The first-order valence-corrected chi connectivity index (χ1v) is 11.7. The molecule has 3 rings (SSSR count). The Morgan fingerprint density at radius 3 is 2.62 bits per heavy atom. The Bertz CT molecular complexity index is 1050. The van der Waals surface area contributed by atoms with Gasteiger partial charge in [-0.3, -0.25) is 9.59 Å². The van der Waals surface area contributed by atoms with E-state index in [2.05, 4.69) is 32.4 Å². The highest BCUT2D eigenvalue weighted by Crippen LogP contribution is 2.26. The number of nitrogens with zero attached hydrogens (tertiary/aromatic N) is 1. The number of fused-ring (bicyclic) bond motifs is 1. The number of hydrogen-bond acceptors (Lipinski definition) is 6. The van der Waals surface area contributed by atoms with Crippen LogP contribution >= 0.6 is 11.3 Å². The van der Waals surface area contributed by atoms with Crippen molar-refractivity contribution < 1.29 is 9.59 Å². The van der Waals surface area contributed by atoms with E-state index in [0.29, 0.717) is 18.8 Å². The van der Waals surface area contributed by atoms with Crippen molar-refractivity contribution in [1.29, 1.82) is 0 Å². The molecule has 0 fully saturated rings. The van der Waals surface area contributed by atoms with E-state index in [1.54, 1.807) is 30.6 Å². The summed E-state index contributed by atoms with van der Waals surface area (Å²) in [5, 5.41) is 12.2. The van der Waals surface area contributed by atoms with E-state index in [-0.39, 0.29) is 23.8 Å². The molecule has 0 saturated carbocycles. The van der Waals surface area contributed by atoms with Crippen LogP contribution in [0.5, 0.6) is 0 Å². The summed E-state index contributed by atoms with van der Waals surface area (Å²) < 4.78 is 1.16. The fourth-order valence-corrected chi connectivity index (χ4v) is 4.62. The molecule has 0 spiro atoms. The number of thiophene rings is 1. The van der Waals surface area contributed by atoms with E-state index < -0.39 is 6.04 Å². The zero-order valence-corrected chi connectivity index (χ0v) is 19.5. The van der Waals surface area contributed by atoms with Gasteiger partial charge in [-0.2, -0.15) is 0 Å². The van der Waals surface area contributed by atoms with E-state index in [9.17, 15) is 9.59 Å². The third-order valence-electron chi connectivity index (χ3n) is 5.74. The zero-order valence-electron chi connectivity index (χ0n) is 18.7. The number of carbonyl (C=O) groups is 2. The third-order valence-corrected chi connectivity index (χ3v) is 6.75. The Morgan fingerprint density at radius 2 is 1.94 bits per heavy atom. The standard InChI is InChI=1S/C24H31N5O2S/c1-4-15(2)22(26-3)24(31)29-19(11-17-14-32-20-8-6-5-7-18(17)20)23(30)28-13-16-9-10-21(25)27-12-16/h5-10,12,14-15,19,22,26H,4,11,13H2,1-3H3,(H2,25,27)(H,28,30)(H,29,31)/t15?,19-,22+/m0/s1. The summed E-state index contributed by atoms with van der Waals surface area (Å²) >= 11 is 1.64. The molecule has 2 amide bonds. The Hall–Kier alpha value is -2.97. The highest BCUT2D eigenvalue weighted by molar-refractivity contribution is 7.17. The van der Waals surface area contributed by atoms with Crippen LogP contribution in [0.3, 0.4) is 0 Å². The molecule has 170 valence electrons. The van der Waals surface area contributed by atoms with Crippen molar-refractivity contribution in [2.45, 2.75) is 45.3 Å². The second-order valence-corrected chi connectivity index (χ2v) is 8.89. The van der Waals surface area contributed by atoms with Gasteiger partial charge in [0.25, 0.3) is 0 Å². The second-order valence-electron chi connectivity index (χ2n) is 7.98. The smallest absolute Gasteiger partial charge is 0.243 e. The maximum atomic E-state index is 13.1. The van der Waals surface area contributed by atoms with Crippen molar-refractivity contribution in [3.05, 3.63) is 59.1 Å². The van der Waals surface area contributed by atoms with Gasteiger partial charge >= 0.3 is 0 Å². The van der Waals surface area contributed by atoms with Gasteiger partial charge in [-0.1, -0.05) is 44.5 Å². The number of nitrogens with two attached hydrogens (primary N) is 1. The molecule has 7 nitrogen and oxygen atoms in total. The molecule has 8 heteroatoms. The van der Waals surface area contributed by atoms with Gasteiger partial charge in [0.05, 0.1) is 6.04 Å². The maximum absolute atomic E-state index is 13.1. The van der Waals surface area contributed by atoms with Crippen molar-refractivity contribution in [2.75, 3.05) is 12.8 Å². The molecule has 32 heavy (non-hydrogen) atoms. The Morgan fingerprint density at radius 1 is 1.16 bits per heavy atom. The summed E-state index contributed by atoms with van der Waals surface area (Å²) in [5.41, 5.74) is 7.52. The summed E-state index contributed by atoms with van der Waals surface area (Å²) in [7, 11) is 1.77. The van der Waals surface area contributed by atoms with Crippen molar-refractivity contribution in [3.63, 3.8) is 0 Å². The molecule has 3 aromatic rings. The number of likely N-dealkylation sites (N-methyl/N-ethyl adjacent to an activating group) is 1. The molecule has 1 aromatic carbocycles. The van der Waals surface area contributed by atoms with Gasteiger partial charge in [-0.15, -0.1) is 11.3 Å². The van der Waals surface area contributed by atoms with Gasteiger partial charge in [-0.25, -0.2) is 4.98 Å². The van der Waals surface area contributed by atoms with E-state index in [4.69, 9.17) is 5.73 Å². The predicted octanol–water partition coefficient (Wildman–Crippen LogP) is 2.86. The number of aromatic nitrogens is 1. The Balaban J connectivity index is 1.78. The van der Waals surface area contributed by atoms with Crippen LogP contribution in [-0.2, 0) is 22.6 Å². The summed E-state index contributed by atoms with van der Waals surface area (Å²) in [6.45, 7) is 4.38. The van der Waals surface area contributed by atoms with Gasteiger partial charge < -0.3 is 21.7 Å². The first kappa shape index (κ1) is 23.7. The topological polar surface area (TPSA) is 109 Å². The van der Waals surface area contributed by atoms with Gasteiger partial charge in [0.2, 0.25) is 11.8 Å². The van der Waals surface area contributed by atoms with Gasteiger partial charge in [-0.05, 0) is 47.0 Å². The maximum Gasteiger partial charge on any atom is 0.243 e. The third kappa shape index (κ3) is 5.83. The van der Waals surface area contributed by atoms with Crippen molar-refractivity contribution in [2.24, 2.45) is 5.92 Å². The molecule has 2 aromatic heterocycles. The number of nitrogens with one attached hydrogen (secondary N) is 3. The number of pyridine rings is 1. The van der Waals surface area contributed by atoms with E-state index in [1.807, 2.05) is 38.1 Å². The highest BCUT2D eigenvalue weighted by atomic mass is 32.1. The average Bonchev–Trinajstić information content (AvgIpc) is 3.21. The minimum atomic E-state index is -0.692. The lowest BCUT2D eigenvalue weighted by atomic mass is 9.97. The molecule has 1 unspecified atom stereocenters. The second kappa shape index (κ2) is 11.1. The molecule has 3 atom stereocenters. The highest BCUT2D eigenvalue weighted by Gasteiger charge is 2.28. The fourth-order valence-electron chi connectivity index (χ4n) is 3.64. The lowest BCUT2D eigenvalue weighted by Gasteiger charge is -2.25. The molecule has 0 bridgehead atoms. The minimum Gasteiger partial charge on any atom is -0.384 e. The van der Waals surface area contributed by atoms with Gasteiger partial charge in [0, 0.05) is 23.9 Å². The largest absolute Gasteiger partial charge is 0.384 e. The molecule has 0 aliphatic carbocycles. The zero-order chi connectivity index (χ0) is 23.1. The number of nitrogen functional groups attached to an aromatic ring is 1. The first-order chi connectivity index (χ1) is 15.4. The fraction of sp³-hybridized carbons (Fsp3) is 0.375. The number of benzene rings is 1. The van der Waals surface area contributed by atoms with E-state index in [0.717, 1.165) is 27.6 Å². The lowest BCUT2D eigenvalue weighted by molar-refractivity contribution is -0.130. The summed E-state index contributed by atoms with van der Waals surface area (Å²) in [6, 6.07) is 10.6. The molecule has 0 aliphatic rings. The quantitative estimate of drug-likeness (QED) is 0.377. The number of anilines is 1. The molecule has 0 radical (unpaired) electrons. The van der Waals surface area contributed by atoms with Crippen LogP contribution in [0.15, 0.2) is 48.0 Å². The van der Waals surface area contributed by atoms with Gasteiger partial charge in [0.15, 0.2) is 0 Å². The monoisotopic (exact) mass is 453 g/mol. The van der Waals surface area contributed by atoms with Crippen LogP contribution in [0.4, 0.5) is 5.82 Å². The van der Waals surface area contributed by atoms with E-state index in [1.165, 1.54) is 0 Å². The number of carbonyl (C=O) groups excluding carboxylic acids is 2. The number of hydrogen-bond donors (Lipinski definition) is 4. The Kier molecular flexibility index (Phi) is 8.19. The van der Waals surface area contributed by atoms with Crippen LogP contribution in [0.1, 0.15) is 31.4 Å². The lowest BCUT2D eigenvalue weighted by Crippen LogP contribution is -2.54. The van der Waals surface area contributed by atoms with E-state index >= 15 is 0 Å². The number of rotatable bonds is 10. The number of amides is 2. The van der Waals surface area contributed by atoms with Gasteiger partial charge in [0.1, 0.15) is 11.9 Å². The average molecular weight is 454 g/mol. The SMILES string of the molecule is CCC(C)[C@@H](NC)C(=O)N[C@@H](Cc1csc2ccccc12)C(=O)NCc1ccc(N)nc1. The summed E-state index contributed by atoms with van der Waals surface area (Å²) in [5.74, 6) is 0.171. The molecular weight excluding hydrogens is 422 g/mol. The summed E-state index contributed by atoms with van der Waals surface area (Å²) in [6.07, 6.45) is 2.91. The predicted molar refractivity (Wildman–Crippen MR) is 130 cm³/mol. The van der Waals surface area contributed by atoms with Crippen LogP contribution in [0.2, 0.25) is 0 Å². The van der Waals surface area contributed by atoms with Crippen LogP contribution in [-0.4, -0.2) is 35.9 Å². The molecule has 5 N–H and O–H groups in total. The summed E-state index contributed by atoms with van der Waals surface area (Å²) in [4.78, 5) is 30.2. The van der Waals surface area contributed by atoms with Crippen molar-refractivity contribution in [3.8, 4) is 0 Å². The molecule has 2 heterocycles. The molecule has 0 aliphatic heterocycles. The van der Waals surface area contributed by atoms with Crippen LogP contribution in [0.25, 0.3) is 10.1 Å².